The molecule has 11 heavy (non-hydrogen) atoms. The van der Waals surface area contributed by atoms with E-state index in [0.717, 1.165) is 0 Å². The SMILES string of the molecule is CC(CC#N)OC(=O)C(C)O. The third kappa shape index (κ3) is 4.34. The lowest BCUT2D eigenvalue weighted by molar-refractivity contribution is -0.156. The standard InChI is InChI=1S/C7H11NO3/c1-5(3-4-8)11-7(10)6(2)9/h5-6,9H,3H2,1-2H3. The largest absolute Gasteiger partial charge is 0.460 e. The first kappa shape index (κ1) is 9.92. The van der Waals surface area contributed by atoms with Gasteiger partial charge in [0.15, 0.2) is 0 Å². The minimum atomic E-state index is -1.11. The quantitative estimate of drug-likeness (QED) is 0.594. The number of hydrogen-bond acceptors (Lipinski definition) is 4. The lowest BCUT2D eigenvalue weighted by Gasteiger charge is -2.10. The van der Waals surface area contributed by atoms with Crippen LogP contribution in [0.3, 0.4) is 0 Å². The summed E-state index contributed by atoms with van der Waals surface area (Å²) in [5, 5.41) is 16.9. The second-order valence-corrected chi connectivity index (χ2v) is 2.29. The minimum absolute atomic E-state index is 0.151. The van der Waals surface area contributed by atoms with E-state index in [1.54, 1.807) is 6.92 Å². The van der Waals surface area contributed by atoms with Gasteiger partial charge >= 0.3 is 5.97 Å². The van der Waals surface area contributed by atoms with Gasteiger partial charge in [-0.15, -0.1) is 0 Å². The minimum Gasteiger partial charge on any atom is -0.460 e. The van der Waals surface area contributed by atoms with E-state index in [0.29, 0.717) is 0 Å². The highest BCUT2D eigenvalue weighted by Crippen LogP contribution is 1.98. The third-order valence-electron chi connectivity index (χ3n) is 1.04. The van der Waals surface area contributed by atoms with Crippen LogP contribution in [0.5, 0.6) is 0 Å². The molecule has 0 rings (SSSR count). The van der Waals surface area contributed by atoms with Crippen molar-refractivity contribution in [3.8, 4) is 6.07 Å². The molecule has 0 aliphatic heterocycles. The molecule has 62 valence electrons. The molecule has 0 aromatic carbocycles. The molecule has 0 aliphatic carbocycles. The Morgan fingerprint density at radius 2 is 2.27 bits per heavy atom. The van der Waals surface area contributed by atoms with E-state index in [2.05, 4.69) is 4.74 Å². The van der Waals surface area contributed by atoms with Gasteiger partial charge in [-0.25, -0.2) is 4.79 Å². The van der Waals surface area contributed by atoms with Crippen molar-refractivity contribution in [1.82, 2.24) is 0 Å². The molecule has 0 bridgehead atoms. The zero-order chi connectivity index (χ0) is 8.85. The average Bonchev–Trinajstić information content (AvgIpc) is 1.87. The van der Waals surface area contributed by atoms with Crippen LogP contribution in [-0.4, -0.2) is 23.3 Å². The van der Waals surface area contributed by atoms with Crippen LogP contribution in [0, 0.1) is 11.3 Å². The smallest absolute Gasteiger partial charge is 0.334 e. The third-order valence-corrected chi connectivity index (χ3v) is 1.04. The van der Waals surface area contributed by atoms with Crippen LogP contribution in [0.25, 0.3) is 0 Å². The molecule has 4 nitrogen and oxygen atoms in total. The van der Waals surface area contributed by atoms with E-state index < -0.39 is 18.2 Å². The summed E-state index contributed by atoms with van der Waals surface area (Å²) in [7, 11) is 0. The van der Waals surface area contributed by atoms with Crippen molar-refractivity contribution in [2.75, 3.05) is 0 Å². The van der Waals surface area contributed by atoms with Gasteiger partial charge in [0.2, 0.25) is 0 Å². The highest BCUT2D eigenvalue weighted by atomic mass is 16.6. The Morgan fingerprint density at radius 3 is 2.64 bits per heavy atom. The molecule has 0 saturated heterocycles. The van der Waals surface area contributed by atoms with Crippen LogP contribution in [0.2, 0.25) is 0 Å². The predicted octanol–water partition coefficient (Wildman–Crippen LogP) is 0.213. The second kappa shape index (κ2) is 4.69. The fraction of sp³-hybridized carbons (Fsp3) is 0.714. The second-order valence-electron chi connectivity index (χ2n) is 2.29. The molecular formula is C7H11NO3. The fourth-order valence-electron chi connectivity index (χ4n) is 0.467. The first-order chi connectivity index (χ1) is 5.07. The fourth-order valence-corrected chi connectivity index (χ4v) is 0.467. The van der Waals surface area contributed by atoms with Crippen molar-refractivity contribution in [2.45, 2.75) is 32.5 Å². The van der Waals surface area contributed by atoms with Crippen LogP contribution >= 0.6 is 0 Å². The van der Waals surface area contributed by atoms with Gasteiger partial charge in [-0.3, -0.25) is 0 Å². The van der Waals surface area contributed by atoms with Crippen LogP contribution in [-0.2, 0) is 9.53 Å². The molecule has 0 aliphatic rings. The number of nitrogens with zero attached hydrogens (tertiary/aromatic N) is 1. The van der Waals surface area contributed by atoms with Crippen LogP contribution in [0.4, 0.5) is 0 Å². The van der Waals surface area contributed by atoms with Crippen molar-refractivity contribution in [3.63, 3.8) is 0 Å². The highest BCUT2D eigenvalue weighted by Gasteiger charge is 2.13. The lowest BCUT2D eigenvalue weighted by atomic mass is 10.3. The van der Waals surface area contributed by atoms with Gasteiger partial charge in [0.25, 0.3) is 0 Å². The summed E-state index contributed by atoms with van der Waals surface area (Å²) < 4.78 is 4.64. The summed E-state index contributed by atoms with van der Waals surface area (Å²) in [6.45, 7) is 2.92. The first-order valence-corrected chi connectivity index (χ1v) is 3.33. The maximum atomic E-state index is 10.6. The summed E-state index contributed by atoms with van der Waals surface area (Å²) in [6, 6.07) is 1.85. The lowest BCUT2D eigenvalue weighted by Crippen LogP contribution is -2.23. The monoisotopic (exact) mass is 157 g/mol. The van der Waals surface area contributed by atoms with Crippen molar-refractivity contribution < 1.29 is 14.6 Å². The molecule has 0 aromatic rings. The maximum absolute atomic E-state index is 10.6. The summed E-state index contributed by atoms with van der Waals surface area (Å²) in [5.74, 6) is -0.687. The molecular weight excluding hydrogens is 146 g/mol. The Bertz CT molecular complexity index is 171. The van der Waals surface area contributed by atoms with Crippen LogP contribution in [0.15, 0.2) is 0 Å². The summed E-state index contributed by atoms with van der Waals surface area (Å²) in [4.78, 5) is 10.6. The van der Waals surface area contributed by atoms with Gasteiger partial charge < -0.3 is 9.84 Å². The van der Waals surface area contributed by atoms with Crippen LogP contribution < -0.4 is 0 Å². The number of hydrogen-bond donors (Lipinski definition) is 1. The van der Waals surface area contributed by atoms with E-state index in [1.807, 2.05) is 6.07 Å². The number of carbonyl (C=O) groups excluding carboxylic acids is 1. The van der Waals surface area contributed by atoms with Gasteiger partial charge in [-0.05, 0) is 13.8 Å². The molecule has 0 fully saturated rings. The van der Waals surface area contributed by atoms with Gasteiger partial charge in [-0.1, -0.05) is 0 Å². The topological polar surface area (TPSA) is 70.3 Å². The van der Waals surface area contributed by atoms with E-state index in [-0.39, 0.29) is 6.42 Å². The van der Waals surface area contributed by atoms with Crippen molar-refractivity contribution in [1.29, 1.82) is 5.26 Å². The summed E-state index contributed by atoms with van der Waals surface area (Å²) in [6.07, 6.45) is -1.41. The van der Waals surface area contributed by atoms with Crippen molar-refractivity contribution in [3.05, 3.63) is 0 Å². The van der Waals surface area contributed by atoms with Gasteiger partial charge in [0.1, 0.15) is 12.2 Å². The Morgan fingerprint density at radius 1 is 1.73 bits per heavy atom. The maximum Gasteiger partial charge on any atom is 0.334 e. The predicted molar refractivity (Wildman–Crippen MR) is 37.5 cm³/mol. The number of aliphatic hydroxyl groups excluding tert-OH is 1. The Hall–Kier alpha value is -1.08. The molecule has 0 spiro atoms. The van der Waals surface area contributed by atoms with E-state index in [1.165, 1.54) is 6.92 Å². The molecule has 0 radical (unpaired) electrons. The molecule has 0 aromatic heterocycles. The number of nitriles is 1. The summed E-state index contributed by atoms with van der Waals surface area (Å²) in [5.41, 5.74) is 0. The molecule has 4 heteroatoms. The number of aliphatic hydroxyl groups is 1. The molecule has 0 saturated carbocycles. The number of esters is 1. The Labute approximate surface area is 65.4 Å². The number of rotatable bonds is 3. The van der Waals surface area contributed by atoms with Gasteiger partial charge in [-0.2, -0.15) is 5.26 Å². The summed E-state index contributed by atoms with van der Waals surface area (Å²) >= 11 is 0. The molecule has 0 amide bonds. The van der Waals surface area contributed by atoms with Crippen LogP contribution in [0.1, 0.15) is 20.3 Å². The molecule has 0 heterocycles. The van der Waals surface area contributed by atoms with Gasteiger partial charge in [0.05, 0.1) is 12.5 Å². The zero-order valence-electron chi connectivity index (χ0n) is 6.57. The Kier molecular flexibility index (Phi) is 4.23. The van der Waals surface area contributed by atoms with Gasteiger partial charge in [0, 0.05) is 0 Å². The molecule has 2 unspecified atom stereocenters. The van der Waals surface area contributed by atoms with E-state index in [9.17, 15) is 4.79 Å². The average molecular weight is 157 g/mol. The van der Waals surface area contributed by atoms with E-state index >= 15 is 0 Å². The number of ether oxygens (including phenoxy) is 1. The molecule has 1 N–H and O–H groups in total. The molecule has 2 atom stereocenters. The highest BCUT2D eigenvalue weighted by molar-refractivity contribution is 5.73. The Balaban J connectivity index is 3.68. The zero-order valence-corrected chi connectivity index (χ0v) is 6.57. The van der Waals surface area contributed by atoms with Crippen molar-refractivity contribution >= 4 is 5.97 Å². The first-order valence-electron chi connectivity index (χ1n) is 3.33. The van der Waals surface area contributed by atoms with Crippen molar-refractivity contribution in [2.24, 2.45) is 0 Å². The normalized spacial score (nSPS) is 14.7. The van der Waals surface area contributed by atoms with E-state index in [4.69, 9.17) is 10.4 Å². The number of carbonyl (C=O) groups is 1.